The zero-order valence-corrected chi connectivity index (χ0v) is 26.4. The number of thiophene rings is 1. The summed E-state index contributed by atoms with van der Waals surface area (Å²) in [7, 11) is 0. The van der Waals surface area contributed by atoms with E-state index in [1.54, 1.807) is 0 Å². The van der Waals surface area contributed by atoms with Gasteiger partial charge in [-0.25, -0.2) is 4.98 Å². The lowest BCUT2D eigenvalue weighted by atomic mass is 10.0. The molecule has 10 rings (SSSR count). The molecule has 10 aromatic rings. The van der Waals surface area contributed by atoms with Crippen LogP contribution in [0.25, 0.3) is 75.8 Å². The summed E-state index contributed by atoms with van der Waals surface area (Å²) in [6.07, 6.45) is 0. The molecule has 5 heteroatoms. The lowest BCUT2D eigenvalue weighted by Crippen LogP contribution is -2.11. The molecule has 0 atom stereocenters. The Bertz CT molecular complexity index is 2790. The molecule has 0 N–H and O–H groups in total. The van der Waals surface area contributed by atoms with Gasteiger partial charge in [-0.3, -0.25) is 0 Å². The first-order valence-electron chi connectivity index (χ1n) is 16.0. The van der Waals surface area contributed by atoms with Gasteiger partial charge in [0, 0.05) is 48.6 Å². The Labute approximate surface area is 279 Å². The van der Waals surface area contributed by atoms with E-state index in [2.05, 4.69) is 114 Å². The molecule has 3 aromatic heterocycles. The SMILES string of the molecule is c1ccc(-c2cccc(N(c3ccc4c(c3)sc3ccccc34)c3c4nc(-c5ccccc5)oc4cc4oc5ccccc5c34)c2)cc1. The molecule has 0 radical (unpaired) electrons. The number of anilines is 3. The van der Waals surface area contributed by atoms with Crippen LogP contribution in [-0.4, -0.2) is 4.98 Å². The van der Waals surface area contributed by atoms with Crippen molar-refractivity contribution in [1.82, 2.24) is 4.98 Å². The maximum Gasteiger partial charge on any atom is 0.227 e. The number of hydrogen-bond acceptors (Lipinski definition) is 5. The maximum absolute atomic E-state index is 6.53. The highest BCUT2D eigenvalue weighted by atomic mass is 32.1. The number of rotatable bonds is 5. The van der Waals surface area contributed by atoms with E-state index in [1.165, 1.54) is 20.2 Å². The van der Waals surface area contributed by atoms with E-state index < -0.39 is 0 Å². The first-order valence-corrected chi connectivity index (χ1v) is 16.8. The quantitative estimate of drug-likeness (QED) is 0.189. The fourth-order valence-electron chi connectivity index (χ4n) is 6.89. The van der Waals surface area contributed by atoms with Crippen LogP contribution >= 0.6 is 11.3 Å². The zero-order chi connectivity index (χ0) is 31.6. The van der Waals surface area contributed by atoms with Gasteiger partial charge >= 0.3 is 0 Å². The molecular weight excluding hydrogens is 609 g/mol. The number of benzene rings is 7. The van der Waals surface area contributed by atoms with Gasteiger partial charge in [-0.05, 0) is 59.7 Å². The summed E-state index contributed by atoms with van der Waals surface area (Å²) in [6, 6.07) is 54.9. The number of aromatic nitrogens is 1. The predicted molar refractivity (Wildman–Crippen MR) is 200 cm³/mol. The Balaban J connectivity index is 1.32. The summed E-state index contributed by atoms with van der Waals surface area (Å²) in [5, 5.41) is 4.55. The van der Waals surface area contributed by atoms with Gasteiger partial charge in [0.05, 0.1) is 11.1 Å². The molecule has 0 fully saturated rings. The van der Waals surface area contributed by atoms with E-state index >= 15 is 0 Å². The second-order valence-electron chi connectivity index (χ2n) is 12.0. The second-order valence-corrected chi connectivity index (χ2v) is 13.0. The number of hydrogen-bond donors (Lipinski definition) is 0. The van der Waals surface area contributed by atoms with Crippen molar-refractivity contribution >= 4 is 81.6 Å². The summed E-state index contributed by atoms with van der Waals surface area (Å²) < 4.78 is 15.6. The van der Waals surface area contributed by atoms with Crippen LogP contribution in [0, 0.1) is 0 Å². The Morgan fingerprint density at radius 3 is 2.00 bits per heavy atom. The van der Waals surface area contributed by atoms with Crippen molar-refractivity contribution in [3.8, 4) is 22.6 Å². The number of nitrogens with zero attached hydrogens (tertiary/aromatic N) is 2. The van der Waals surface area contributed by atoms with Gasteiger partial charge in [-0.15, -0.1) is 11.3 Å². The molecule has 48 heavy (non-hydrogen) atoms. The molecule has 0 aliphatic heterocycles. The van der Waals surface area contributed by atoms with E-state index in [0.29, 0.717) is 11.5 Å². The average Bonchev–Trinajstić information content (AvgIpc) is 3.85. The molecule has 0 aliphatic carbocycles. The van der Waals surface area contributed by atoms with Crippen LogP contribution in [0.1, 0.15) is 0 Å². The highest BCUT2D eigenvalue weighted by Crippen LogP contribution is 2.49. The number of furan rings is 1. The lowest BCUT2D eigenvalue weighted by molar-refractivity contribution is 0.617. The van der Waals surface area contributed by atoms with Crippen LogP contribution in [0.5, 0.6) is 0 Å². The minimum absolute atomic E-state index is 0.571. The molecule has 4 nitrogen and oxygen atoms in total. The standard InChI is InChI=1S/C43H26N2O2S/c1-3-12-27(13-4-1)29-16-11-17-30(24-29)45(31-22-23-33-32-18-8-10-21-38(32)48-39(33)25-31)42-40-34-19-7-9-20-35(34)46-36(40)26-37-41(42)44-43(47-37)28-14-5-2-6-15-28/h1-26H. The van der Waals surface area contributed by atoms with Crippen molar-refractivity contribution in [2.24, 2.45) is 0 Å². The highest BCUT2D eigenvalue weighted by molar-refractivity contribution is 7.25. The molecule has 0 bridgehead atoms. The summed E-state index contributed by atoms with van der Waals surface area (Å²) in [4.78, 5) is 7.56. The van der Waals surface area contributed by atoms with E-state index in [0.717, 1.165) is 61.2 Å². The van der Waals surface area contributed by atoms with Gasteiger partial charge < -0.3 is 13.7 Å². The Morgan fingerprint density at radius 1 is 0.458 bits per heavy atom. The van der Waals surface area contributed by atoms with Crippen LogP contribution in [-0.2, 0) is 0 Å². The summed E-state index contributed by atoms with van der Waals surface area (Å²) in [5.74, 6) is 0.571. The Hall–Kier alpha value is -6.17. The van der Waals surface area contributed by atoms with Crippen molar-refractivity contribution in [2.45, 2.75) is 0 Å². The van der Waals surface area contributed by atoms with Crippen LogP contribution in [0.4, 0.5) is 17.1 Å². The highest BCUT2D eigenvalue weighted by Gasteiger charge is 2.26. The minimum atomic E-state index is 0.571. The van der Waals surface area contributed by atoms with E-state index in [-0.39, 0.29) is 0 Å². The molecule has 0 saturated carbocycles. The van der Waals surface area contributed by atoms with Crippen molar-refractivity contribution in [1.29, 1.82) is 0 Å². The lowest BCUT2D eigenvalue weighted by Gasteiger charge is -2.27. The third-order valence-electron chi connectivity index (χ3n) is 9.08. The average molecular weight is 635 g/mol. The normalized spacial score (nSPS) is 11.8. The summed E-state index contributed by atoms with van der Waals surface area (Å²) in [5.41, 5.74) is 9.19. The third-order valence-corrected chi connectivity index (χ3v) is 10.2. The van der Waals surface area contributed by atoms with Crippen molar-refractivity contribution in [2.75, 3.05) is 4.90 Å². The van der Waals surface area contributed by atoms with E-state index in [4.69, 9.17) is 13.8 Å². The third kappa shape index (κ3) is 4.25. The Morgan fingerprint density at radius 2 is 1.15 bits per heavy atom. The molecule has 0 saturated heterocycles. The molecule has 0 unspecified atom stereocenters. The Kier molecular flexibility index (Phi) is 6.01. The first kappa shape index (κ1) is 27.0. The molecule has 0 spiro atoms. The zero-order valence-electron chi connectivity index (χ0n) is 25.6. The smallest absolute Gasteiger partial charge is 0.227 e. The van der Waals surface area contributed by atoms with Crippen LogP contribution < -0.4 is 4.90 Å². The van der Waals surface area contributed by atoms with Crippen molar-refractivity contribution < 1.29 is 8.83 Å². The van der Waals surface area contributed by atoms with Crippen molar-refractivity contribution in [3.63, 3.8) is 0 Å². The van der Waals surface area contributed by atoms with Crippen LogP contribution in [0.3, 0.4) is 0 Å². The van der Waals surface area contributed by atoms with Crippen LogP contribution in [0.2, 0.25) is 0 Å². The van der Waals surface area contributed by atoms with Gasteiger partial charge in [0.15, 0.2) is 5.58 Å². The van der Waals surface area contributed by atoms with Crippen molar-refractivity contribution in [3.05, 3.63) is 158 Å². The maximum atomic E-state index is 6.53. The fraction of sp³-hybridized carbons (Fsp3) is 0. The molecule has 7 aromatic carbocycles. The number of para-hydroxylation sites is 1. The molecule has 0 aliphatic rings. The molecular formula is C43H26N2O2S. The summed E-state index contributed by atoms with van der Waals surface area (Å²) >= 11 is 1.82. The topological polar surface area (TPSA) is 42.4 Å². The summed E-state index contributed by atoms with van der Waals surface area (Å²) in [6.45, 7) is 0. The second kappa shape index (κ2) is 10.7. The van der Waals surface area contributed by atoms with E-state index in [9.17, 15) is 0 Å². The van der Waals surface area contributed by atoms with Gasteiger partial charge in [0.2, 0.25) is 5.89 Å². The van der Waals surface area contributed by atoms with Gasteiger partial charge in [0.1, 0.15) is 16.7 Å². The number of fused-ring (bicyclic) bond motifs is 7. The van der Waals surface area contributed by atoms with Gasteiger partial charge in [0.25, 0.3) is 0 Å². The molecule has 0 amide bonds. The predicted octanol–water partition coefficient (Wildman–Crippen LogP) is 12.9. The van der Waals surface area contributed by atoms with E-state index in [1.807, 2.05) is 59.9 Å². The largest absolute Gasteiger partial charge is 0.456 e. The first-order chi connectivity index (χ1) is 23.8. The number of oxazole rings is 1. The fourth-order valence-corrected chi connectivity index (χ4v) is 8.02. The van der Waals surface area contributed by atoms with Gasteiger partial charge in [-0.1, -0.05) is 103 Å². The minimum Gasteiger partial charge on any atom is -0.456 e. The van der Waals surface area contributed by atoms with Crippen LogP contribution in [0.15, 0.2) is 167 Å². The monoisotopic (exact) mass is 634 g/mol. The van der Waals surface area contributed by atoms with Gasteiger partial charge in [-0.2, -0.15) is 0 Å². The molecule has 3 heterocycles. The molecule has 226 valence electrons.